The van der Waals surface area contributed by atoms with E-state index in [0.717, 1.165) is 17.0 Å². The molecule has 1 heterocycles. The second-order valence-electron chi connectivity index (χ2n) is 2.25. The van der Waals surface area contributed by atoms with Crippen LogP contribution in [-0.2, 0) is 0 Å². The average molecular weight is 168 g/mol. The van der Waals surface area contributed by atoms with Crippen molar-refractivity contribution in [1.82, 2.24) is 0 Å². The van der Waals surface area contributed by atoms with Crippen molar-refractivity contribution >= 4 is 22.7 Å². The van der Waals surface area contributed by atoms with E-state index in [0.29, 0.717) is 5.71 Å². The Bertz CT molecular complexity index is 252. The average Bonchev–Trinajstić information content (AvgIpc) is 2.50. The fourth-order valence-electron chi connectivity index (χ4n) is 0.900. The summed E-state index contributed by atoms with van der Waals surface area (Å²) < 4.78 is 0. The second kappa shape index (κ2) is 3.53. The van der Waals surface area contributed by atoms with Crippen LogP contribution in [0.25, 0.3) is 0 Å². The van der Waals surface area contributed by atoms with Crippen LogP contribution >= 0.6 is 11.3 Å². The van der Waals surface area contributed by atoms with Crippen molar-refractivity contribution in [2.45, 2.75) is 13.3 Å². The second-order valence-corrected chi connectivity index (χ2v) is 3.16. The van der Waals surface area contributed by atoms with Gasteiger partial charge in [-0.25, -0.2) is 0 Å². The lowest BCUT2D eigenvalue weighted by Gasteiger charge is -2.01. The van der Waals surface area contributed by atoms with Crippen molar-refractivity contribution < 1.29 is 0 Å². The first kappa shape index (κ1) is 8.27. The highest BCUT2D eigenvalue weighted by molar-refractivity contribution is 7.12. The van der Waals surface area contributed by atoms with Crippen LogP contribution in [0, 0.1) is 5.41 Å². The van der Waals surface area contributed by atoms with E-state index < -0.39 is 0 Å². The van der Waals surface area contributed by atoms with Gasteiger partial charge in [-0.15, -0.1) is 11.3 Å². The Balaban J connectivity index is 2.92. The van der Waals surface area contributed by atoms with E-state index in [9.17, 15) is 0 Å². The van der Waals surface area contributed by atoms with Gasteiger partial charge < -0.3 is 10.7 Å². The molecule has 2 N–H and O–H groups in total. The first-order valence-corrected chi connectivity index (χ1v) is 4.50. The number of hydrogen-bond acceptors (Lipinski definition) is 3. The third-order valence-corrected chi connectivity index (χ3v) is 2.54. The molecule has 0 saturated carbocycles. The fraction of sp³-hybridized carbons (Fsp3) is 0.375. The van der Waals surface area contributed by atoms with E-state index in [1.54, 1.807) is 11.3 Å². The number of anilines is 1. The smallest absolute Gasteiger partial charge is 0.0709 e. The molecule has 0 amide bonds. The van der Waals surface area contributed by atoms with Crippen LogP contribution in [0.2, 0.25) is 0 Å². The summed E-state index contributed by atoms with van der Waals surface area (Å²) in [6.07, 6.45) is 0.801. The van der Waals surface area contributed by atoms with Crippen LogP contribution in [0.15, 0.2) is 11.4 Å². The van der Waals surface area contributed by atoms with E-state index in [2.05, 4.69) is 5.32 Å². The summed E-state index contributed by atoms with van der Waals surface area (Å²) in [5, 5.41) is 12.7. The maximum Gasteiger partial charge on any atom is 0.0709 e. The normalized spacial score (nSPS) is 9.64. The molecular weight excluding hydrogens is 156 g/mol. The van der Waals surface area contributed by atoms with Gasteiger partial charge in [0.2, 0.25) is 0 Å². The molecule has 0 unspecified atom stereocenters. The molecule has 0 saturated heterocycles. The van der Waals surface area contributed by atoms with Crippen molar-refractivity contribution in [2.75, 3.05) is 12.4 Å². The molecule has 0 fully saturated rings. The third kappa shape index (κ3) is 1.60. The molecule has 0 aliphatic heterocycles. The topological polar surface area (TPSA) is 35.9 Å². The molecule has 0 aliphatic carbocycles. The predicted octanol–water partition coefficient (Wildman–Crippen LogP) is 2.57. The maximum absolute atomic E-state index is 7.61. The van der Waals surface area contributed by atoms with Gasteiger partial charge in [-0.1, -0.05) is 6.92 Å². The van der Waals surface area contributed by atoms with Crippen molar-refractivity contribution in [3.8, 4) is 0 Å². The Morgan fingerprint density at radius 3 is 3.00 bits per heavy atom. The van der Waals surface area contributed by atoms with Gasteiger partial charge in [-0.3, -0.25) is 0 Å². The summed E-state index contributed by atoms with van der Waals surface area (Å²) in [4.78, 5) is 1.06. The van der Waals surface area contributed by atoms with E-state index in [4.69, 9.17) is 5.41 Å². The molecule has 0 aliphatic rings. The Morgan fingerprint density at radius 1 is 1.73 bits per heavy atom. The minimum Gasteiger partial charge on any atom is -0.387 e. The molecule has 3 heteroatoms. The summed E-state index contributed by atoms with van der Waals surface area (Å²) in [6, 6.07) is 2.00. The van der Waals surface area contributed by atoms with Crippen LogP contribution in [0.3, 0.4) is 0 Å². The van der Waals surface area contributed by atoms with Gasteiger partial charge in [-0.05, 0) is 17.9 Å². The first-order valence-electron chi connectivity index (χ1n) is 3.62. The number of thiophene rings is 1. The standard InChI is InChI=1S/C8H12N2S/c1-3-6(9)8-7(10-2)4-5-11-8/h4-5,9-10H,3H2,1-2H3. The van der Waals surface area contributed by atoms with Gasteiger partial charge in [0.15, 0.2) is 0 Å². The van der Waals surface area contributed by atoms with Gasteiger partial charge in [-0.2, -0.15) is 0 Å². The lowest BCUT2D eigenvalue weighted by atomic mass is 10.2. The number of hydrogen-bond donors (Lipinski definition) is 2. The van der Waals surface area contributed by atoms with Crippen LogP contribution < -0.4 is 5.32 Å². The zero-order chi connectivity index (χ0) is 8.27. The Morgan fingerprint density at radius 2 is 2.45 bits per heavy atom. The Labute approximate surface area is 70.8 Å². The molecule has 2 nitrogen and oxygen atoms in total. The molecule has 0 spiro atoms. The summed E-state index contributed by atoms with van der Waals surface area (Å²) in [5.41, 5.74) is 1.78. The molecule has 60 valence electrons. The highest BCUT2D eigenvalue weighted by Crippen LogP contribution is 2.22. The first-order chi connectivity index (χ1) is 5.29. The predicted molar refractivity (Wildman–Crippen MR) is 51.0 cm³/mol. The summed E-state index contributed by atoms with van der Waals surface area (Å²) in [6.45, 7) is 2.00. The summed E-state index contributed by atoms with van der Waals surface area (Å²) in [5.74, 6) is 0. The van der Waals surface area contributed by atoms with Gasteiger partial charge in [0, 0.05) is 7.05 Å². The largest absolute Gasteiger partial charge is 0.387 e. The Kier molecular flexibility index (Phi) is 2.65. The minimum atomic E-state index is 0.712. The Hall–Kier alpha value is -0.830. The highest BCUT2D eigenvalue weighted by Gasteiger charge is 2.05. The van der Waals surface area contributed by atoms with Crippen LogP contribution in [0.1, 0.15) is 18.2 Å². The van der Waals surface area contributed by atoms with Gasteiger partial charge in [0.25, 0.3) is 0 Å². The molecular formula is C8H12N2S. The van der Waals surface area contributed by atoms with Crippen molar-refractivity contribution in [3.05, 3.63) is 16.3 Å². The molecule has 0 radical (unpaired) electrons. The van der Waals surface area contributed by atoms with E-state index in [-0.39, 0.29) is 0 Å². The molecule has 0 atom stereocenters. The molecule has 1 rings (SSSR count). The van der Waals surface area contributed by atoms with Gasteiger partial charge >= 0.3 is 0 Å². The van der Waals surface area contributed by atoms with Crippen molar-refractivity contribution in [1.29, 1.82) is 5.41 Å². The molecule has 11 heavy (non-hydrogen) atoms. The molecule has 0 aromatic carbocycles. The highest BCUT2D eigenvalue weighted by atomic mass is 32.1. The lowest BCUT2D eigenvalue weighted by molar-refractivity contribution is 1.25. The van der Waals surface area contributed by atoms with Gasteiger partial charge in [0.05, 0.1) is 16.3 Å². The zero-order valence-electron chi connectivity index (χ0n) is 6.77. The minimum absolute atomic E-state index is 0.712. The third-order valence-electron chi connectivity index (χ3n) is 1.56. The van der Waals surface area contributed by atoms with E-state index in [1.165, 1.54) is 0 Å². The van der Waals surface area contributed by atoms with Crippen molar-refractivity contribution in [2.24, 2.45) is 0 Å². The molecule has 1 aromatic heterocycles. The summed E-state index contributed by atoms with van der Waals surface area (Å²) in [7, 11) is 1.88. The zero-order valence-corrected chi connectivity index (χ0v) is 7.59. The monoisotopic (exact) mass is 168 g/mol. The lowest BCUT2D eigenvalue weighted by Crippen LogP contribution is -1.97. The number of nitrogens with one attached hydrogen (secondary N) is 2. The van der Waals surface area contributed by atoms with Crippen LogP contribution in [0.5, 0.6) is 0 Å². The summed E-state index contributed by atoms with van der Waals surface area (Å²) >= 11 is 1.62. The fourth-order valence-corrected chi connectivity index (χ4v) is 1.82. The molecule has 1 aromatic rings. The molecule has 0 bridgehead atoms. The SMILES string of the molecule is CCC(=N)c1sccc1NC. The quantitative estimate of drug-likeness (QED) is 0.668. The number of rotatable bonds is 3. The van der Waals surface area contributed by atoms with E-state index >= 15 is 0 Å². The van der Waals surface area contributed by atoms with E-state index in [1.807, 2.05) is 25.4 Å². The van der Waals surface area contributed by atoms with Gasteiger partial charge in [0.1, 0.15) is 0 Å². The van der Waals surface area contributed by atoms with Crippen LogP contribution in [0.4, 0.5) is 5.69 Å². The van der Waals surface area contributed by atoms with Crippen LogP contribution in [-0.4, -0.2) is 12.8 Å². The van der Waals surface area contributed by atoms with Crippen molar-refractivity contribution in [3.63, 3.8) is 0 Å². The maximum atomic E-state index is 7.61.